The molecule has 0 atom stereocenters. The quantitative estimate of drug-likeness (QED) is 0.485. The summed E-state index contributed by atoms with van der Waals surface area (Å²) < 4.78 is 10.6. The van der Waals surface area contributed by atoms with E-state index >= 15 is 0 Å². The van der Waals surface area contributed by atoms with E-state index in [2.05, 4.69) is 6.92 Å². The Labute approximate surface area is 141 Å². The van der Waals surface area contributed by atoms with Gasteiger partial charge in [0, 0.05) is 6.07 Å². The lowest BCUT2D eigenvalue weighted by Crippen LogP contribution is -2.04. The second-order valence-electron chi connectivity index (χ2n) is 6.07. The first-order valence-corrected chi connectivity index (χ1v) is 8.75. The van der Waals surface area contributed by atoms with Crippen molar-refractivity contribution in [3.8, 4) is 17.2 Å². The minimum atomic E-state index is -0.862. The van der Waals surface area contributed by atoms with Crippen LogP contribution in [0.15, 0.2) is 27.4 Å². The van der Waals surface area contributed by atoms with Crippen molar-refractivity contribution in [2.75, 3.05) is 6.61 Å². The molecule has 0 radical (unpaired) electrons. The Morgan fingerprint density at radius 2 is 1.67 bits per heavy atom. The van der Waals surface area contributed by atoms with Crippen molar-refractivity contribution in [1.29, 1.82) is 0 Å². The number of phenolic OH excluding ortho intramolecular Hbond substituents is 1. The Balaban J connectivity index is 1.86. The van der Waals surface area contributed by atoms with Crippen molar-refractivity contribution in [2.24, 2.45) is 0 Å². The van der Waals surface area contributed by atoms with Crippen LogP contribution >= 0.6 is 0 Å². The molecule has 5 nitrogen and oxygen atoms in total. The van der Waals surface area contributed by atoms with E-state index in [4.69, 9.17) is 9.15 Å². The third kappa shape index (κ3) is 4.91. The molecule has 0 bridgehead atoms. The summed E-state index contributed by atoms with van der Waals surface area (Å²) >= 11 is 0. The van der Waals surface area contributed by atoms with Gasteiger partial charge in [-0.2, -0.15) is 0 Å². The van der Waals surface area contributed by atoms with Crippen LogP contribution in [0, 0.1) is 0 Å². The fourth-order valence-electron chi connectivity index (χ4n) is 2.71. The molecule has 0 fully saturated rings. The molecule has 1 aromatic carbocycles. The fraction of sp³-hybridized carbons (Fsp3) is 0.526. The Hall–Kier alpha value is -2.17. The number of rotatable bonds is 10. The van der Waals surface area contributed by atoms with E-state index in [1.165, 1.54) is 50.7 Å². The standard InChI is InChI=1S/C19H26O5/c1-2-3-4-5-6-7-8-9-12-23-18-15-11-10-14(20)13-16(15)24-19(22)17(18)21/h10-11,13,20-21H,2-9,12H2,1H3. The zero-order valence-corrected chi connectivity index (χ0v) is 14.2. The Bertz CT molecular complexity index is 705. The molecule has 2 N–H and O–H groups in total. The van der Waals surface area contributed by atoms with Crippen molar-refractivity contribution < 1.29 is 19.4 Å². The van der Waals surface area contributed by atoms with Crippen LogP contribution in [-0.2, 0) is 0 Å². The number of ether oxygens (including phenoxy) is 1. The Morgan fingerprint density at radius 3 is 2.38 bits per heavy atom. The summed E-state index contributed by atoms with van der Waals surface area (Å²) in [6, 6.07) is 4.36. The van der Waals surface area contributed by atoms with Crippen molar-refractivity contribution >= 4 is 11.0 Å². The zero-order valence-electron chi connectivity index (χ0n) is 14.2. The van der Waals surface area contributed by atoms with Gasteiger partial charge in [0.1, 0.15) is 11.3 Å². The molecule has 2 rings (SSSR count). The van der Waals surface area contributed by atoms with E-state index in [0.29, 0.717) is 12.0 Å². The normalized spacial score (nSPS) is 11.0. The van der Waals surface area contributed by atoms with Crippen LogP contribution < -0.4 is 10.4 Å². The molecular formula is C19H26O5. The highest BCUT2D eigenvalue weighted by Gasteiger charge is 2.15. The molecule has 0 aliphatic rings. The van der Waals surface area contributed by atoms with E-state index in [0.717, 1.165) is 12.8 Å². The summed E-state index contributed by atoms with van der Waals surface area (Å²) in [7, 11) is 0. The van der Waals surface area contributed by atoms with Gasteiger partial charge in [-0.3, -0.25) is 0 Å². The molecule has 132 valence electrons. The van der Waals surface area contributed by atoms with Crippen LogP contribution in [-0.4, -0.2) is 16.8 Å². The molecule has 0 spiro atoms. The molecule has 24 heavy (non-hydrogen) atoms. The summed E-state index contributed by atoms with van der Waals surface area (Å²) in [6.07, 6.45) is 9.49. The average Bonchev–Trinajstić information content (AvgIpc) is 2.56. The van der Waals surface area contributed by atoms with Crippen LogP contribution in [0.2, 0.25) is 0 Å². The van der Waals surface area contributed by atoms with Gasteiger partial charge in [-0.25, -0.2) is 4.79 Å². The molecule has 2 aromatic rings. The largest absolute Gasteiger partial charge is 0.508 e. The van der Waals surface area contributed by atoms with Gasteiger partial charge in [-0.05, 0) is 18.6 Å². The predicted molar refractivity (Wildman–Crippen MR) is 93.9 cm³/mol. The molecule has 0 saturated heterocycles. The minimum absolute atomic E-state index is 0.00892. The maximum Gasteiger partial charge on any atom is 0.382 e. The molecule has 0 unspecified atom stereocenters. The molecule has 5 heteroatoms. The Kier molecular flexibility index (Phi) is 6.97. The second-order valence-corrected chi connectivity index (χ2v) is 6.07. The van der Waals surface area contributed by atoms with E-state index in [-0.39, 0.29) is 17.1 Å². The van der Waals surface area contributed by atoms with Gasteiger partial charge in [0.15, 0.2) is 5.75 Å². The topological polar surface area (TPSA) is 79.9 Å². The lowest BCUT2D eigenvalue weighted by atomic mass is 10.1. The molecule has 1 heterocycles. The predicted octanol–water partition coefficient (Wildman–Crippen LogP) is 4.72. The van der Waals surface area contributed by atoms with Gasteiger partial charge >= 0.3 is 5.63 Å². The molecule has 0 aliphatic carbocycles. The molecule has 0 aliphatic heterocycles. The van der Waals surface area contributed by atoms with Gasteiger partial charge in [-0.1, -0.05) is 51.9 Å². The zero-order chi connectivity index (χ0) is 17.4. The van der Waals surface area contributed by atoms with Gasteiger partial charge in [0.2, 0.25) is 5.75 Å². The number of phenols is 1. The highest BCUT2D eigenvalue weighted by molar-refractivity contribution is 5.86. The summed E-state index contributed by atoms with van der Waals surface area (Å²) in [5.74, 6) is -0.401. The number of unbranched alkanes of at least 4 members (excludes halogenated alkanes) is 7. The third-order valence-electron chi connectivity index (χ3n) is 4.07. The lowest BCUT2D eigenvalue weighted by Gasteiger charge is -2.10. The van der Waals surface area contributed by atoms with Crippen LogP contribution in [0.5, 0.6) is 17.2 Å². The molecular weight excluding hydrogens is 308 g/mol. The van der Waals surface area contributed by atoms with Crippen molar-refractivity contribution in [1.82, 2.24) is 0 Å². The van der Waals surface area contributed by atoms with E-state index < -0.39 is 11.4 Å². The molecule has 0 amide bonds. The van der Waals surface area contributed by atoms with Crippen molar-refractivity contribution in [2.45, 2.75) is 58.3 Å². The smallest absolute Gasteiger partial charge is 0.382 e. The van der Waals surface area contributed by atoms with E-state index in [1.807, 2.05) is 0 Å². The van der Waals surface area contributed by atoms with Crippen LogP contribution in [0.4, 0.5) is 0 Å². The maximum absolute atomic E-state index is 11.6. The maximum atomic E-state index is 11.6. The van der Waals surface area contributed by atoms with Crippen molar-refractivity contribution in [3.05, 3.63) is 28.6 Å². The van der Waals surface area contributed by atoms with E-state index in [1.54, 1.807) is 6.07 Å². The summed E-state index contributed by atoms with van der Waals surface area (Å²) in [6.45, 7) is 2.64. The molecule has 1 aromatic heterocycles. The first-order chi connectivity index (χ1) is 11.6. The van der Waals surface area contributed by atoms with Gasteiger partial charge in [-0.15, -0.1) is 0 Å². The number of hydrogen-bond acceptors (Lipinski definition) is 5. The summed E-state index contributed by atoms with van der Waals surface area (Å²) in [5, 5.41) is 19.8. The second kappa shape index (κ2) is 9.21. The van der Waals surface area contributed by atoms with Gasteiger partial charge < -0.3 is 19.4 Å². The fourth-order valence-corrected chi connectivity index (χ4v) is 2.71. The van der Waals surface area contributed by atoms with Crippen LogP contribution in [0.25, 0.3) is 11.0 Å². The van der Waals surface area contributed by atoms with Crippen molar-refractivity contribution in [3.63, 3.8) is 0 Å². The summed E-state index contributed by atoms with van der Waals surface area (Å²) in [4.78, 5) is 11.6. The van der Waals surface area contributed by atoms with E-state index in [9.17, 15) is 15.0 Å². The summed E-state index contributed by atoms with van der Waals surface area (Å²) in [5.41, 5.74) is -0.664. The number of aromatic hydroxyl groups is 2. The SMILES string of the molecule is CCCCCCCCCCOc1c(O)c(=O)oc2cc(O)ccc12. The third-order valence-corrected chi connectivity index (χ3v) is 4.07. The number of fused-ring (bicyclic) bond motifs is 1. The lowest BCUT2D eigenvalue weighted by molar-refractivity contribution is 0.285. The van der Waals surface area contributed by atoms with Gasteiger partial charge in [0.05, 0.1) is 12.0 Å². The van der Waals surface area contributed by atoms with Crippen LogP contribution in [0.1, 0.15) is 58.3 Å². The number of benzene rings is 1. The Morgan fingerprint density at radius 1 is 1.00 bits per heavy atom. The van der Waals surface area contributed by atoms with Crippen LogP contribution in [0.3, 0.4) is 0 Å². The average molecular weight is 334 g/mol. The highest BCUT2D eigenvalue weighted by atomic mass is 16.5. The first kappa shape index (κ1) is 18.2. The molecule has 0 saturated carbocycles. The minimum Gasteiger partial charge on any atom is -0.508 e. The number of hydrogen-bond donors (Lipinski definition) is 2. The van der Waals surface area contributed by atoms with Gasteiger partial charge in [0.25, 0.3) is 0 Å². The monoisotopic (exact) mass is 334 g/mol. The first-order valence-electron chi connectivity index (χ1n) is 8.75. The highest BCUT2D eigenvalue weighted by Crippen LogP contribution is 2.33.